The highest BCUT2D eigenvalue weighted by molar-refractivity contribution is 7.05. The molecule has 0 spiro atoms. The lowest BCUT2D eigenvalue weighted by molar-refractivity contribution is 1.11. The first-order valence-electron chi connectivity index (χ1n) is 2.74. The Morgan fingerprint density at radius 2 is 2.50 bits per heavy atom. The minimum Gasteiger partial charge on any atom is -0.146 e. The molecule has 0 bridgehead atoms. The molecule has 0 amide bonds. The van der Waals surface area contributed by atoms with Crippen LogP contribution in [0.1, 0.15) is 23.6 Å². The highest BCUT2D eigenvalue weighted by Gasteiger charge is 2.24. The Morgan fingerprint density at radius 1 is 1.62 bits per heavy atom. The van der Waals surface area contributed by atoms with Crippen molar-refractivity contribution < 1.29 is 0 Å². The van der Waals surface area contributed by atoms with Crippen LogP contribution in [0.2, 0.25) is 0 Å². The van der Waals surface area contributed by atoms with Gasteiger partial charge in [-0.2, -0.15) is 0 Å². The third-order valence-electron chi connectivity index (χ3n) is 1.36. The largest absolute Gasteiger partial charge is 0.146 e. The highest BCUT2D eigenvalue weighted by Crippen LogP contribution is 2.40. The molecule has 0 N–H and O–H groups in total. The van der Waals surface area contributed by atoms with Crippen molar-refractivity contribution in [3.8, 4) is 0 Å². The smallest absolute Gasteiger partial charge is 0.0655 e. The summed E-state index contributed by atoms with van der Waals surface area (Å²) in [6.45, 7) is 0. The van der Waals surface area contributed by atoms with E-state index in [4.69, 9.17) is 0 Å². The van der Waals surface area contributed by atoms with Gasteiger partial charge in [-0.1, -0.05) is 4.49 Å². The number of rotatable bonds is 1. The van der Waals surface area contributed by atoms with E-state index in [2.05, 4.69) is 9.59 Å². The molecule has 0 aromatic carbocycles. The molecule has 2 rings (SSSR count). The van der Waals surface area contributed by atoms with Crippen LogP contribution in [0.15, 0.2) is 6.20 Å². The van der Waals surface area contributed by atoms with Crippen molar-refractivity contribution in [1.29, 1.82) is 0 Å². The number of aromatic nitrogens is 2. The van der Waals surface area contributed by atoms with Gasteiger partial charge in [0.25, 0.3) is 0 Å². The van der Waals surface area contributed by atoms with Gasteiger partial charge in [-0.05, 0) is 30.3 Å². The minimum absolute atomic E-state index is 0.829. The summed E-state index contributed by atoms with van der Waals surface area (Å²) in [7, 11) is 0. The van der Waals surface area contributed by atoms with Crippen molar-refractivity contribution in [2.75, 3.05) is 0 Å². The fourth-order valence-electron chi connectivity index (χ4n) is 0.723. The van der Waals surface area contributed by atoms with Crippen LogP contribution in [-0.2, 0) is 0 Å². The van der Waals surface area contributed by atoms with Crippen molar-refractivity contribution in [2.45, 2.75) is 18.8 Å². The molecule has 0 unspecified atom stereocenters. The topological polar surface area (TPSA) is 25.8 Å². The predicted octanol–water partition coefficient (Wildman–Crippen LogP) is 1.42. The molecule has 1 aromatic rings. The summed E-state index contributed by atoms with van der Waals surface area (Å²) in [6, 6.07) is 0. The van der Waals surface area contributed by atoms with Gasteiger partial charge in [0.1, 0.15) is 0 Å². The molecule has 0 atom stereocenters. The van der Waals surface area contributed by atoms with Gasteiger partial charge in [-0.3, -0.25) is 0 Å². The van der Waals surface area contributed by atoms with E-state index in [1.54, 1.807) is 0 Å². The molecule has 1 saturated carbocycles. The third-order valence-corrected chi connectivity index (χ3v) is 2.18. The average molecular weight is 126 g/mol. The first kappa shape index (κ1) is 4.44. The Bertz CT molecular complexity index is 167. The monoisotopic (exact) mass is 126 g/mol. The summed E-state index contributed by atoms with van der Waals surface area (Å²) < 4.78 is 3.78. The summed E-state index contributed by atoms with van der Waals surface area (Å²) in [5.74, 6) is 0.829. The van der Waals surface area contributed by atoms with Crippen LogP contribution in [0.5, 0.6) is 0 Å². The SMILES string of the molecule is c1nnsc1C1CC1. The molecule has 1 aliphatic carbocycles. The average Bonchev–Trinajstić information content (AvgIpc) is 2.49. The Labute approximate surface area is 51.7 Å². The predicted molar refractivity (Wildman–Crippen MR) is 31.9 cm³/mol. The van der Waals surface area contributed by atoms with Crippen LogP contribution in [0.3, 0.4) is 0 Å². The van der Waals surface area contributed by atoms with Gasteiger partial charge in [0.15, 0.2) is 0 Å². The molecule has 1 aliphatic rings. The summed E-state index contributed by atoms with van der Waals surface area (Å²) in [6.07, 6.45) is 4.58. The van der Waals surface area contributed by atoms with Crippen LogP contribution in [0.25, 0.3) is 0 Å². The van der Waals surface area contributed by atoms with Crippen molar-refractivity contribution in [2.24, 2.45) is 0 Å². The van der Waals surface area contributed by atoms with Crippen molar-refractivity contribution in [1.82, 2.24) is 9.59 Å². The molecule has 3 heteroatoms. The molecule has 1 fully saturated rings. The van der Waals surface area contributed by atoms with E-state index in [1.807, 2.05) is 6.20 Å². The summed E-state index contributed by atoms with van der Waals surface area (Å²) in [5, 5.41) is 3.75. The van der Waals surface area contributed by atoms with Gasteiger partial charge in [0, 0.05) is 4.88 Å². The van der Waals surface area contributed by atoms with E-state index in [0.29, 0.717) is 0 Å². The standard InChI is InChI=1S/C5H6N2S/c1-2-4(1)5-3-6-7-8-5/h3-4H,1-2H2. The Hall–Kier alpha value is -0.440. The van der Waals surface area contributed by atoms with Crippen LogP contribution < -0.4 is 0 Å². The van der Waals surface area contributed by atoms with Crippen molar-refractivity contribution >= 4 is 11.5 Å². The lowest BCUT2D eigenvalue weighted by Gasteiger charge is -1.78. The first-order chi connectivity index (χ1) is 3.97. The molecule has 42 valence electrons. The maximum absolute atomic E-state index is 3.78. The Kier molecular flexibility index (Phi) is 0.842. The second kappa shape index (κ2) is 1.52. The molecule has 0 saturated heterocycles. The van der Waals surface area contributed by atoms with E-state index in [1.165, 1.54) is 29.3 Å². The maximum Gasteiger partial charge on any atom is 0.0655 e. The normalized spacial score (nSPS) is 19.0. The lowest BCUT2D eigenvalue weighted by atomic mass is 10.4. The number of hydrogen-bond donors (Lipinski definition) is 0. The zero-order valence-corrected chi connectivity index (χ0v) is 5.19. The zero-order chi connectivity index (χ0) is 5.40. The fraction of sp³-hybridized carbons (Fsp3) is 0.600. The number of nitrogens with zero attached hydrogens (tertiary/aromatic N) is 2. The Balaban J connectivity index is 2.28. The molecule has 8 heavy (non-hydrogen) atoms. The van der Waals surface area contributed by atoms with E-state index < -0.39 is 0 Å². The first-order valence-corrected chi connectivity index (χ1v) is 3.51. The van der Waals surface area contributed by atoms with E-state index in [-0.39, 0.29) is 0 Å². The summed E-state index contributed by atoms with van der Waals surface area (Å²) in [4.78, 5) is 1.37. The van der Waals surface area contributed by atoms with E-state index in [0.717, 1.165) is 5.92 Å². The van der Waals surface area contributed by atoms with Crippen molar-refractivity contribution in [3.63, 3.8) is 0 Å². The summed E-state index contributed by atoms with van der Waals surface area (Å²) >= 11 is 1.53. The quantitative estimate of drug-likeness (QED) is 0.568. The van der Waals surface area contributed by atoms with Gasteiger partial charge < -0.3 is 0 Å². The Morgan fingerprint density at radius 3 is 3.00 bits per heavy atom. The molecule has 0 radical (unpaired) electrons. The van der Waals surface area contributed by atoms with Crippen LogP contribution in [0.4, 0.5) is 0 Å². The number of hydrogen-bond acceptors (Lipinski definition) is 3. The molecular weight excluding hydrogens is 120 g/mol. The zero-order valence-electron chi connectivity index (χ0n) is 4.37. The maximum atomic E-state index is 3.78. The molecule has 1 heterocycles. The van der Waals surface area contributed by atoms with Crippen LogP contribution in [-0.4, -0.2) is 9.59 Å². The molecule has 2 nitrogen and oxygen atoms in total. The van der Waals surface area contributed by atoms with Gasteiger partial charge >= 0.3 is 0 Å². The second-order valence-corrected chi connectivity index (χ2v) is 2.91. The van der Waals surface area contributed by atoms with E-state index in [9.17, 15) is 0 Å². The highest BCUT2D eigenvalue weighted by atomic mass is 32.1. The van der Waals surface area contributed by atoms with Gasteiger partial charge in [-0.15, -0.1) is 5.10 Å². The minimum atomic E-state index is 0.829. The van der Waals surface area contributed by atoms with Gasteiger partial charge in [0.2, 0.25) is 0 Å². The van der Waals surface area contributed by atoms with Gasteiger partial charge in [0.05, 0.1) is 6.20 Å². The molecular formula is C5H6N2S. The molecule has 0 aliphatic heterocycles. The second-order valence-electron chi connectivity index (χ2n) is 2.09. The molecule has 1 aromatic heterocycles. The summed E-state index contributed by atoms with van der Waals surface area (Å²) in [5.41, 5.74) is 0. The third kappa shape index (κ3) is 0.629. The van der Waals surface area contributed by atoms with Crippen molar-refractivity contribution in [3.05, 3.63) is 11.1 Å². The van der Waals surface area contributed by atoms with Gasteiger partial charge in [-0.25, -0.2) is 0 Å². The van der Waals surface area contributed by atoms with Crippen LogP contribution in [0, 0.1) is 0 Å². The van der Waals surface area contributed by atoms with Crippen LogP contribution >= 0.6 is 11.5 Å². The van der Waals surface area contributed by atoms with E-state index >= 15 is 0 Å². The lowest BCUT2D eigenvalue weighted by Crippen LogP contribution is -1.64. The fourth-order valence-corrected chi connectivity index (χ4v) is 1.39.